The summed E-state index contributed by atoms with van der Waals surface area (Å²) in [6, 6.07) is 0. The molecule has 1 aliphatic heterocycles. The molecule has 2 aromatic heterocycles. The van der Waals surface area contributed by atoms with Crippen LogP contribution in [0.5, 0.6) is 0 Å². The Morgan fingerprint density at radius 2 is 1.80 bits per heavy atom. The van der Waals surface area contributed by atoms with Crippen LogP contribution in [-0.2, 0) is 32.9 Å². The van der Waals surface area contributed by atoms with Gasteiger partial charge in [-0.3, -0.25) is 4.68 Å². The smallest absolute Gasteiger partial charge is 0.205 e. The first-order valence-corrected chi connectivity index (χ1v) is 11.5. The minimum atomic E-state index is 0. The van der Waals surface area contributed by atoms with Crippen molar-refractivity contribution in [2.45, 2.75) is 53.5 Å². The summed E-state index contributed by atoms with van der Waals surface area (Å²) in [4.78, 5) is 14.3. The lowest BCUT2D eigenvalue weighted by Gasteiger charge is -2.36. The predicted octanol–water partition coefficient (Wildman–Crippen LogP) is 2.86. The van der Waals surface area contributed by atoms with Crippen LogP contribution in [0.4, 0.5) is 5.13 Å². The molecule has 0 saturated carbocycles. The van der Waals surface area contributed by atoms with Crippen LogP contribution in [0.25, 0.3) is 0 Å². The molecule has 10 heteroatoms. The number of nitrogens with zero attached hydrogens (tertiary/aromatic N) is 7. The monoisotopic (exact) mass is 546 g/mol. The van der Waals surface area contributed by atoms with Crippen LogP contribution in [-0.4, -0.2) is 62.7 Å². The van der Waals surface area contributed by atoms with Gasteiger partial charge in [-0.25, -0.2) is 9.98 Å². The molecule has 0 bridgehead atoms. The second-order valence-corrected chi connectivity index (χ2v) is 7.92. The number of hydrogen-bond acceptors (Lipinski definition) is 6. The highest BCUT2D eigenvalue weighted by Crippen LogP contribution is 2.20. The molecule has 1 N–H and O–H groups in total. The van der Waals surface area contributed by atoms with Gasteiger partial charge in [-0.1, -0.05) is 20.8 Å². The van der Waals surface area contributed by atoms with Crippen LogP contribution in [0.1, 0.15) is 50.5 Å². The third-order valence-corrected chi connectivity index (χ3v) is 6.19. The number of aromatic nitrogens is 4. The van der Waals surface area contributed by atoms with Crippen LogP contribution < -0.4 is 10.2 Å². The standard InChI is InChI=1S/C20H34N8S.HI/c1-6-16-15(17(7-2)26(5)24-16)14-22-19(21-9-4)27-10-12-28(13-11-27)20-23-18(8-3)25-29-20;/h6-14H2,1-5H3,(H,21,22);1H. The molecule has 0 spiro atoms. The van der Waals surface area contributed by atoms with E-state index in [9.17, 15) is 0 Å². The van der Waals surface area contributed by atoms with Gasteiger partial charge in [-0.15, -0.1) is 24.0 Å². The van der Waals surface area contributed by atoms with Crippen LogP contribution in [0.3, 0.4) is 0 Å². The first kappa shape index (κ1) is 24.8. The number of anilines is 1. The molecule has 1 fully saturated rings. The quantitative estimate of drug-likeness (QED) is 0.327. The van der Waals surface area contributed by atoms with E-state index in [1.807, 2.05) is 11.7 Å². The van der Waals surface area contributed by atoms with Crippen molar-refractivity contribution in [1.29, 1.82) is 0 Å². The second kappa shape index (κ2) is 11.8. The average Bonchev–Trinajstić information content (AvgIpc) is 3.35. The molecule has 0 atom stereocenters. The van der Waals surface area contributed by atoms with Crippen molar-refractivity contribution < 1.29 is 0 Å². The van der Waals surface area contributed by atoms with Gasteiger partial charge in [0.05, 0.1) is 12.2 Å². The molecule has 30 heavy (non-hydrogen) atoms. The van der Waals surface area contributed by atoms with Crippen molar-refractivity contribution in [2.24, 2.45) is 12.0 Å². The van der Waals surface area contributed by atoms with Gasteiger partial charge in [0.1, 0.15) is 5.82 Å². The zero-order chi connectivity index (χ0) is 20.8. The van der Waals surface area contributed by atoms with Crippen molar-refractivity contribution >= 4 is 46.6 Å². The molecule has 0 unspecified atom stereocenters. The fourth-order valence-corrected chi connectivity index (χ4v) is 4.58. The van der Waals surface area contributed by atoms with E-state index in [0.717, 1.165) is 74.6 Å². The Labute approximate surface area is 201 Å². The van der Waals surface area contributed by atoms with Gasteiger partial charge in [-0.2, -0.15) is 9.47 Å². The molecule has 0 amide bonds. The summed E-state index contributed by atoms with van der Waals surface area (Å²) >= 11 is 1.51. The molecule has 3 rings (SSSR count). The number of halogens is 1. The first-order chi connectivity index (χ1) is 14.1. The summed E-state index contributed by atoms with van der Waals surface area (Å²) in [6.45, 7) is 13.9. The lowest BCUT2D eigenvalue weighted by molar-refractivity contribution is 0.372. The molecule has 1 aliphatic rings. The van der Waals surface area contributed by atoms with E-state index in [-0.39, 0.29) is 24.0 Å². The Morgan fingerprint density at radius 1 is 1.07 bits per heavy atom. The van der Waals surface area contributed by atoms with Gasteiger partial charge in [0, 0.05) is 69.0 Å². The molecule has 2 aromatic rings. The highest BCUT2D eigenvalue weighted by atomic mass is 127. The van der Waals surface area contributed by atoms with Gasteiger partial charge in [-0.05, 0) is 19.8 Å². The van der Waals surface area contributed by atoms with Crippen molar-refractivity contribution in [1.82, 2.24) is 29.4 Å². The van der Waals surface area contributed by atoms with Crippen LogP contribution in [0.2, 0.25) is 0 Å². The third kappa shape index (κ3) is 5.63. The van der Waals surface area contributed by atoms with E-state index in [1.54, 1.807) is 0 Å². The Bertz CT molecular complexity index is 823. The lowest BCUT2D eigenvalue weighted by atomic mass is 10.1. The zero-order valence-corrected chi connectivity index (χ0v) is 22.0. The van der Waals surface area contributed by atoms with E-state index >= 15 is 0 Å². The molecule has 0 aromatic carbocycles. The van der Waals surface area contributed by atoms with Gasteiger partial charge in [0.15, 0.2) is 5.96 Å². The summed E-state index contributed by atoms with van der Waals surface area (Å²) in [5.74, 6) is 1.93. The van der Waals surface area contributed by atoms with Crippen LogP contribution >= 0.6 is 35.5 Å². The van der Waals surface area contributed by atoms with Crippen molar-refractivity contribution in [2.75, 3.05) is 37.6 Å². The second-order valence-electron chi connectivity index (χ2n) is 7.19. The third-order valence-electron chi connectivity index (χ3n) is 5.37. The number of nitrogens with one attached hydrogen (secondary N) is 1. The fraction of sp³-hybridized carbons (Fsp3) is 0.700. The maximum Gasteiger partial charge on any atom is 0.205 e. The summed E-state index contributed by atoms with van der Waals surface area (Å²) in [5, 5.41) is 9.20. The van der Waals surface area contributed by atoms with Crippen LogP contribution in [0.15, 0.2) is 4.99 Å². The molecular weight excluding hydrogens is 511 g/mol. The zero-order valence-electron chi connectivity index (χ0n) is 18.8. The summed E-state index contributed by atoms with van der Waals surface area (Å²) < 4.78 is 6.44. The van der Waals surface area contributed by atoms with Crippen molar-refractivity contribution in [3.8, 4) is 0 Å². The number of aliphatic imine (C=N–C) groups is 1. The Balaban J connectivity index is 0.00000320. The predicted molar refractivity (Wildman–Crippen MR) is 135 cm³/mol. The van der Waals surface area contributed by atoms with Gasteiger partial charge >= 0.3 is 0 Å². The van der Waals surface area contributed by atoms with E-state index in [2.05, 4.69) is 57.3 Å². The number of guanidine groups is 1. The normalized spacial score (nSPS) is 14.8. The molecule has 168 valence electrons. The molecular formula is C20H35IN8S. The number of piperazine rings is 1. The van der Waals surface area contributed by atoms with Crippen molar-refractivity contribution in [3.05, 3.63) is 22.8 Å². The largest absolute Gasteiger partial charge is 0.357 e. The minimum absolute atomic E-state index is 0. The molecule has 3 heterocycles. The topological polar surface area (TPSA) is 74.5 Å². The average molecular weight is 547 g/mol. The van der Waals surface area contributed by atoms with E-state index < -0.39 is 0 Å². The summed E-state index contributed by atoms with van der Waals surface area (Å²) in [7, 11) is 2.03. The molecule has 1 saturated heterocycles. The minimum Gasteiger partial charge on any atom is -0.357 e. The van der Waals surface area contributed by atoms with Gasteiger partial charge in [0.2, 0.25) is 5.13 Å². The number of aryl methyl sites for hydroxylation is 3. The molecule has 8 nitrogen and oxygen atoms in total. The number of rotatable bonds is 7. The SMILES string of the molecule is CCNC(=NCc1c(CC)nn(C)c1CC)N1CCN(c2nc(CC)ns2)CC1.I. The van der Waals surface area contributed by atoms with Gasteiger partial charge < -0.3 is 15.1 Å². The van der Waals surface area contributed by atoms with Crippen molar-refractivity contribution in [3.63, 3.8) is 0 Å². The fourth-order valence-electron chi connectivity index (χ4n) is 3.78. The first-order valence-electron chi connectivity index (χ1n) is 10.8. The highest BCUT2D eigenvalue weighted by Gasteiger charge is 2.22. The summed E-state index contributed by atoms with van der Waals surface area (Å²) in [6.07, 6.45) is 2.81. The van der Waals surface area contributed by atoms with E-state index in [4.69, 9.17) is 4.99 Å². The van der Waals surface area contributed by atoms with E-state index in [1.165, 1.54) is 22.8 Å². The Morgan fingerprint density at radius 3 is 2.37 bits per heavy atom. The molecule has 0 aliphatic carbocycles. The Kier molecular flexibility index (Phi) is 9.79. The lowest BCUT2D eigenvalue weighted by Crippen LogP contribution is -2.52. The summed E-state index contributed by atoms with van der Waals surface area (Å²) in [5.41, 5.74) is 3.73. The molecule has 0 radical (unpaired) electrons. The number of hydrogen-bond donors (Lipinski definition) is 1. The maximum atomic E-state index is 4.99. The maximum absolute atomic E-state index is 4.99. The van der Waals surface area contributed by atoms with Gasteiger partial charge in [0.25, 0.3) is 0 Å². The van der Waals surface area contributed by atoms with Crippen LogP contribution in [0, 0.1) is 0 Å². The highest BCUT2D eigenvalue weighted by molar-refractivity contribution is 14.0. The Hall–Kier alpha value is -1.43. The van der Waals surface area contributed by atoms with E-state index in [0.29, 0.717) is 6.54 Å².